The Kier molecular flexibility index (Phi) is 2.17. The van der Waals surface area contributed by atoms with Gasteiger partial charge in [-0.15, -0.1) is 10.2 Å². The van der Waals surface area contributed by atoms with Gasteiger partial charge in [-0.05, 0) is 0 Å². The van der Waals surface area contributed by atoms with E-state index in [1.54, 1.807) is 6.20 Å². The Morgan fingerprint density at radius 3 is 3.07 bits per heavy atom. The Morgan fingerprint density at radius 2 is 2.36 bits per heavy atom. The third-order valence-corrected chi connectivity index (χ3v) is 1.47. The van der Waals surface area contributed by atoms with Crippen LogP contribution in [0.5, 0.6) is 0 Å². The van der Waals surface area contributed by atoms with Crippen LogP contribution in [0.4, 0.5) is 11.6 Å². The summed E-state index contributed by atoms with van der Waals surface area (Å²) in [6.07, 6.45) is 3.04. The number of hydrogen-bond acceptors (Lipinski definition) is 7. The zero-order valence-corrected chi connectivity index (χ0v) is 7.18. The van der Waals surface area contributed by atoms with Gasteiger partial charge >= 0.3 is 0 Å². The van der Waals surface area contributed by atoms with Gasteiger partial charge in [-0.1, -0.05) is 5.21 Å². The van der Waals surface area contributed by atoms with E-state index in [2.05, 4.69) is 35.9 Å². The Labute approximate surface area is 79.0 Å². The van der Waals surface area contributed by atoms with Crippen LogP contribution >= 0.6 is 0 Å². The fraction of sp³-hybridized carbons (Fsp3) is 0.167. The summed E-state index contributed by atoms with van der Waals surface area (Å²) >= 11 is 0. The molecule has 0 atom stereocenters. The SMILES string of the molecule is Nc1cncc(NCc2nn[nH]n2)n1. The molecule has 0 spiro atoms. The van der Waals surface area contributed by atoms with E-state index in [1.165, 1.54) is 6.20 Å². The van der Waals surface area contributed by atoms with E-state index in [4.69, 9.17) is 5.73 Å². The van der Waals surface area contributed by atoms with Gasteiger partial charge in [-0.25, -0.2) is 4.98 Å². The lowest BCUT2D eigenvalue weighted by atomic mass is 10.5. The van der Waals surface area contributed by atoms with E-state index >= 15 is 0 Å². The summed E-state index contributed by atoms with van der Waals surface area (Å²) in [6.45, 7) is 0.425. The maximum absolute atomic E-state index is 5.44. The number of nitrogens with one attached hydrogen (secondary N) is 2. The number of aromatic amines is 1. The summed E-state index contributed by atoms with van der Waals surface area (Å²) < 4.78 is 0. The number of anilines is 2. The first kappa shape index (κ1) is 8.35. The van der Waals surface area contributed by atoms with E-state index in [9.17, 15) is 0 Å². The second-order valence-electron chi connectivity index (χ2n) is 2.51. The molecule has 2 aromatic rings. The standard InChI is InChI=1S/C6H8N8/c7-4-1-8-2-5(10-4)9-3-6-11-13-14-12-6/h1-2H,3H2,(H3,7,9,10)(H,11,12,13,14). The molecule has 2 rings (SSSR count). The Balaban J connectivity index is 1.98. The Hall–Kier alpha value is -2.25. The van der Waals surface area contributed by atoms with E-state index in [-0.39, 0.29) is 0 Å². The molecule has 0 radical (unpaired) electrons. The van der Waals surface area contributed by atoms with Crippen molar-refractivity contribution in [1.82, 2.24) is 30.6 Å². The van der Waals surface area contributed by atoms with Crippen molar-refractivity contribution in [2.24, 2.45) is 0 Å². The van der Waals surface area contributed by atoms with E-state index < -0.39 is 0 Å². The minimum Gasteiger partial charge on any atom is -0.382 e. The van der Waals surface area contributed by atoms with Gasteiger partial charge in [0.05, 0.1) is 18.9 Å². The van der Waals surface area contributed by atoms with Crippen molar-refractivity contribution in [3.63, 3.8) is 0 Å². The van der Waals surface area contributed by atoms with Crippen LogP contribution < -0.4 is 11.1 Å². The summed E-state index contributed by atoms with van der Waals surface area (Å²) in [5, 5.41) is 16.2. The van der Waals surface area contributed by atoms with Gasteiger partial charge in [-0.3, -0.25) is 4.98 Å². The largest absolute Gasteiger partial charge is 0.382 e. The predicted molar refractivity (Wildman–Crippen MR) is 47.9 cm³/mol. The van der Waals surface area contributed by atoms with Gasteiger partial charge in [0.15, 0.2) is 5.82 Å². The molecule has 8 heteroatoms. The van der Waals surface area contributed by atoms with Gasteiger partial charge in [0.2, 0.25) is 0 Å². The van der Waals surface area contributed by atoms with Crippen molar-refractivity contribution in [1.29, 1.82) is 0 Å². The highest BCUT2D eigenvalue weighted by Gasteiger charge is 1.99. The van der Waals surface area contributed by atoms with Gasteiger partial charge in [0.25, 0.3) is 0 Å². The first-order valence-corrected chi connectivity index (χ1v) is 3.88. The van der Waals surface area contributed by atoms with Gasteiger partial charge in [-0.2, -0.15) is 5.21 Å². The molecule has 0 bridgehead atoms. The predicted octanol–water partition coefficient (Wildman–Crippen LogP) is -0.816. The van der Waals surface area contributed by atoms with Crippen LogP contribution in [0.1, 0.15) is 5.82 Å². The number of nitrogens with two attached hydrogens (primary N) is 1. The van der Waals surface area contributed by atoms with Gasteiger partial charge in [0.1, 0.15) is 11.6 Å². The molecule has 8 nitrogen and oxygen atoms in total. The van der Waals surface area contributed by atoms with Crippen molar-refractivity contribution in [3.05, 3.63) is 18.2 Å². The molecule has 0 unspecified atom stereocenters. The number of tetrazole rings is 1. The molecule has 0 fully saturated rings. The van der Waals surface area contributed by atoms with Crippen molar-refractivity contribution in [2.75, 3.05) is 11.1 Å². The van der Waals surface area contributed by atoms with Crippen molar-refractivity contribution in [3.8, 4) is 0 Å². The maximum Gasteiger partial charge on any atom is 0.193 e. The van der Waals surface area contributed by atoms with Crippen LogP contribution in [0.3, 0.4) is 0 Å². The third kappa shape index (κ3) is 1.91. The number of nitrogens with zero attached hydrogens (tertiary/aromatic N) is 5. The normalized spacial score (nSPS) is 10.0. The molecular formula is C6H8N8. The quantitative estimate of drug-likeness (QED) is 0.581. The highest BCUT2D eigenvalue weighted by Crippen LogP contribution is 2.03. The summed E-state index contributed by atoms with van der Waals surface area (Å²) in [4.78, 5) is 7.86. The van der Waals surface area contributed by atoms with E-state index in [1.807, 2.05) is 0 Å². The molecule has 0 aliphatic carbocycles. The molecular weight excluding hydrogens is 184 g/mol. The fourth-order valence-corrected chi connectivity index (χ4v) is 0.893. The van der Waals surface area contributed by atoms with Gasteiger partial charge < -0.3 is 11.1 Å². The molecule has 0 saturated carbocycles. The van der Waals surface area contributed by atoms with Crippen LogP contribution in [0.15, 0.2) is 12.4 Å². The van der Waals surface area contributed by atoms with Gasteiger partial charge in [0, 0.05) is 0 Å². The first-order chi connectivity index (χ1) is 6.84. The van der Waals surface area contributed by atoms with E-state index in [0.29, 0.717) is 24.0 Å². The highest BCUT2D eigenvalue weighted by atomic mass is 15.5. The summed E-state index contributed by atoms with van der Waals surface area (Å²) in [5.74, 6) is 1.49. The summed E-state index contributed by atoms with van der Waals surface area (Å²) in [7, 11) is 0. The molecule has 0 aromatic carbocycles. The maximum atomic E-state index is 5.44. The first-order valence-electron chi connectivity index (χ1n) is 3.88. The highest BCUT2D eigenvalue weighted by molar-refractivity contribution is 5.38. The number of nitrogen functional groups attached to an aromatic ring is 1. The van der Waals surface area contributed by atoms with Crippen molar-refractivity contribution >= 4 is 11.6 Å². The van der Waals surface area contributed by atoms with Crippen LogP contribution in [0.2, 0.25) is 0 Å². The van der Waals surface area contributed by atoms with Crippen LogP contribution in [0.25, 0.3) is 0 Å². The zero-order chi connectivity index (χ0) is 9.80. The van der Waals surface area contributed by atoms with Crippen molar-refractivity contribution in [2.45, 2.75) is 6.54 Å². The average Bonchev–Trinajstić information content (AvgIpc) is 2.67. The lowest BCUT2D eigenvalue weighted by molar-refractivity contribution is 0.881. The number of aromatic nitrogens is 6. The third-order valence-electron chi connectivity index (χ3n) is 1.47. The zero-order valence-electron chi connectivity index (χ0n) is 7.18. The number of H-pyrrole nitrogens is 1. The smallest absolute Gasteiger partial charge is 0.193 e. The minimum absolute atomic E-state index is 0.364. The second-order valence-corrected chi connectivity index (χ2v) is 2.51. The number of hydrogen-bond donors (Lipinski definition) is 3. The van der Waals surface area contributed by atoms with Crippen LogP contribution in [0, 0.1) is 0 Å². The van der Waals surface area contributed by atoms with Crippen LogP contribution in [-0.2, 0) is 6.54 Å². The molecule has 72 valence electrons. The average molecular weight is 192 g/mol. The molecule has 2 heterocycles. The summed E-state index contributed by atoms with van der Waals surface area (Å²) in [5.41, 5.74) is 5.44. The second kappa shape index (κ2) is 3.64. The van der Waals surface area contributed by atoms with E-state index in [0.717, 1.165) is 0 Å². The minimum atomic E-state index is 0.364. The lowest BCUT2D eigenvalue weighted by Crippen LogP contribution is -2.04. The number of rotatable bonds is 3. The monoisotopic (exact) mass is 192 g/mol. The molecule has 4 N–H and O–H groups in total. The lowest BCUT2D eigenvalue weighted by Gasteiger charge is -2.01. The van der Waals surface area contributed by atoms with Crippen LogP contribution in [-0.4, -0.2) is 30.6 Å². The molecule has 2 aromatic heterocycles. The molecule has 0 aliphatic heterocycles. The fourth-order valence-electron chi connectivity index (χ4n) is 0.893. The molecule has 0 aliphatic rings. The van der Waals surface area contributed by atoms with Crippen molar-refractivity contribution < 1.29 is 0 Å². The summed E-state index contributed by atoms with van der Waals surface area (Å²) in [6, 6.07) is 0. The molecule has 14 heavy (non-hydrogen) atoms. The Bertz CT molecular complexity index is 396. The Morgan fingerprint density at radius 1 is 1.43 bits per heavy atom. The molecule has 0 saturated heterocycles. The molecule has 0 amide bonds. The topological polar surface area (TPSA) is 118 Å².